The molecule has 1 unspecified atom stereocenters. The van der Waals surface area contributed by atoms with Crippen molar-refractivity contribution in [3.63, 3.8) is 0 Å². The number of hydrogen-bond donors (Lipinski definition) is 1. The highest BCUT2D eigenvalue weighted by Gasteiger charge is 2.33. The Morgan fingerprint density at radius 1 is 1.43 bits per heavy atom. The maximum Gasteiger partial charge on any atom is 0.273 e. The lowest BCUT2D eigenvalue weighted by Gasteiger charge is -2.31. The van der Waals surface area contributed by atoms with Gasteiger partial charge in [0.05, 0.1) is 29.2 Å². The van der Waals surface area contributed by atoms with Crippen LogP contribution in [0, 0.1) is 24.0 Å². The first-order valence-electron chi connectivity index (χ1n) is 6.36. The van der Waals surface area contributed by atoms with E-state index >= 15 is 0 Å². The van der Waals surface area contributed by atoms with Crippen molar-refractivity contribution in [2.24, 2.45) is 5.73 Å². The summed E-state index contributed by atoms with van der Waals surface area (Å²) in [5.41, 5.74) is 6.54. The molecule has 21 heavy (non-hydrogen) atoms. The van der Waals surface area contributed by atoms with Gasteiger partial charge in [0, 0.05) is 18.2 Å². The molecule has 0 spiro atoms. The maximum atomic E-state index is 12.6. The van der Waals surface area contributed by atoms with Crippen LogP contribution in [-0.4, -0.2) is 43.6 Å². The van der Waals surface area contributed by atoms with Gasteiger partial charge < -0.3 is 10.5 Å². The first-order valence-corrected chi connectivity index (χ1v) is 7.80. The van der Waals surface area contributed by atoms with Crippen molar-refractivity contribution in [2.75, 3.05) is 19.8 Å². The Labute approximate surface area is 122 Å². The second-order valence-electron chi connectivity index (χ2n) is 4.90. The summed E-state index contributed by atoms with van der Waals surface area (Å²) in [6.45, 7) is 3.71. The van der Waals surface area contributed by atoms with Gasteiger partial charge in [0.1, 0.15) is 0 Å². The number of aryl methyl sites for hydroxylation is 1. The van der Waals surface area contributed by atoms with Crippen molar-refractivity contribution in [3.8, 4) is 0 Å². The average Bonchev–Trinajstić information content (AvgIpc) is 2.41. The average molecular weight is 315 g/mol. The number of nitrogens with two attached hydrogens (primary N) is 1. The zero-order chi connectivity index (χ0) is 15.8. The van der Waals surface area contributed by atoms with E-state index in [2.05, 4.69) is 0 Å². The predicted octanol–water partition coefficient (Wildman–Crippen LogP) is 0.517. The molecule has 1 aromatic carbocycles. The molecule has 0 amide bonds. The maximum absolute atomic E-state index is 12.6. The van der Waals surface area contributed by atoms with Crippen LogP contribution in [0.15, 0.2) is 17.0 Å². The zero-order valence-electron chi connectivity index (χ0n) is 11.8. The first kappa shape index (κ1) is 15.8. The summed E-state index contributed by atoms with van der Waals surface area (Å²) >= 11 is 0. The van der Waals surface area contributed by atoms with Crippen LogP contribution in [0.5, 0.6) is 0 Å². The Bertz CT molecular complexity index is 674. The normalized spacial score (nSPS) is 20.4. The van der Waals surface area contributed by atoms with Gasteiger partial charge in [0.25, 0.3) is 5.69 Å². The number of nitro groups is 1. The number of ether oxygens (including phenoxy) is 1. The van der Waals surface area contributed by atoms with Crippen molar-refractivity contribution in [1.82, 2.24) is 4.31 Å². The van der Waals surface area contributed by atoms with Gasteiger partial charge in [-0.2, -0.15) is 4.31 Å². The van der Waals surface area contributed by atoms with Crippen LogP contribution in [0.3, 0.4) is 0 Å². The molecule has 2 N–H and O–H groups in total. The third-order valence-corrected chi connectivity index (χ3v) is 5.43. The largest absolute Gasteiger partial charge is 0.377 e. The molecule has 0 aromatic heterocycles. The van der Waals surface area contributed by atoms with E-state index in [1.165, 1.54) is 6.07 Å². The fourth-order valence-corrected chi connectivity index (χ4v) is 3.78. The smallest absolute Gasteiger partial charge is 0.273 e. The van der Waals surface area contributed by atoms with E-state index in [1.807, 2.05) is 0 Å². The molecule has 1 aliphatic heterocycles. The minimum absolute atomic E-state index is 0.103. The molecule has 1 aliphatic rings. The van der Waals surface area contributed by atoms with Gasteiger partial charge in [-0.1, -0.05) is 0 Å². The van der Waals surface area contributed by atoms with E-state index in [0.29, 0.717) is 11.1 Å². The van der Waals surface area contributed by atoms with Gasteiger partial charge in [-0.25, -0.2) is 8.42 Å². The van der Waals surface area contributed by atoms with E-state index in [-0.39, 0.29) is 30.3 Å². The molecule has 8 nitrogen and oxygen atoms in total. The van der Waals surface area contributed by atoms with Crippen molar-refractivity contribution in [2.45, 2.75) is 24.9 Å². The van der Waals surface area contributed by atoms with Crippen molar-refractivity contribution in [3.05, 3.63) is 33.4 Å². The minimum Gasteiger partial charge on any atom is -0.377 e. The van der Waals surface area contributed by atoms with Crippen LogP contribution in [0.1, 0.15) is 11.1 Å². The number of benzene rings is 1. The van der Waals surface area contributed by atoms with Gasteiger partial charge in [0.15, 0.2) is 0 Å². The van der Waals surface area contributed by atoms with Gasteiger partial charge in [-0.15, -0.1) is 0 Å². The minimum atomic E-state index is -3.88. The number of hydrogen-bond acceptors (Lipinski definition) is 6. The number of nitrogens with zero attached hydrogens (tertiary/aromatic N) is 2. The Hall–Kier alpha value is -1.55. The topological polar surface area (TPSA) is 116 Å². The Morgan fingerprint density at radius 3 is 2.67 bits per heavy atom. The number of sulfonamides is 1. The predicted molar refractivity (Wildman–Crippen MR) is 75.3 cm³/mol. The molecule has 1 heterocycles. The van der Waals surface area contributed by atoms with E-state index in [9.17, 15) is 18.5 Å². The summed E-state index contributed by atoms with van der Waals surface area (Å²) in [6.07, 6.45) is -0.788. The molecule has 0 aliphatic carbocycles. The molecular formula is C12H17N3O5S. The van der Waals surface area contributed by atoms with E-state index < -0.39 is 21.1 Å². The van der Waals surface area contributed by atoms with Crippen molar-refractivity contribution in [1.29, 1.82) is 0 Å². The summed E-state index contributed by atoms with van der Waals surface area (Å²) in [7, 11) is -3.88. The second kappa shape index (κ2) is 5.68. The highest BCUT2D eigenvalue weighted by molar-refractivity contribution is 7.89. The van der Waals surface area contributed by atoms with Crippen LogP contribution in [-0.2, 0) is 14.8 Å². The number of rotatable bonds is 3. The molecule has 0 saturated carbocycles. The summed E-state index contributed by atoms with van der Waals surface area (Å²) in [4.78, 5) is 10.3. The molecule has 1 fully saturated rings. The quantitative estimate of drug-likeness (QED) is 0.642. The van der Waals surface area contributed by atoms with Crippen molar-refractivity contribution < 1.29 is 18.1 Å². The SMILES string of the molecule is Cc1cc(S(=O)(=O)N2CCOCC2N)cc([N+](=O)[O-])c1C. The van der Waals surface area contributed by atoms with E-state index in [0.717, 1.165) is 10.4 Å². The lowest BCUT2D eigenvalue weighted by Crippen LogP contribution is -2.53. The van der Waals surface area contributed by atoms with E-state index in [1.54, 1.807) is 13.8 Å². The monoisotopic (exact) mass is 315 g/mol. The fourth-order valence-electron chi connectivity index (χ4n) is 2.19. The highest BCUT2D eigenvalue weighted by Crippen LogP contribution is 2.28. The fraction of sp³-hybridized carbons (Fsp3) is 0.500. The van der Waals surface area contributed by atoms with Crippen LogP contribution >= 0.6 is 0 Å². The first-order chi connectivity index (χ1) is 9.75. The lowest BCUT2D eigenvalue weighted by atomic mass is 10.1. The summed E-state index contributed by atoms with van der Waals surface area (Å²) in [6, 6.07) is 2.51. The summed E-state index contributed by atoms with van der Waals surface area (Å²) in [5, 5.41) is 11.0. The molecular weight excluding hydrogens is 298 g/mol. The third-order valence-electron chi connectivity index (χ3n) is 3.53. The van der Waals surface area contributed by atoms with E-state index in [4.69, 9.17) is 10.5 Å². The number of morpholine rings is 1. The van der Waals surface area contributed by atoms with Gasteiger partial charge in [0.2, 0.25) is 10.0 Å². The molecule has 2 rings (SSSR count). The van der Waals surface area contributed by atoms with Gasteiger partial charge in [-0.05, 0) is 25.5 Å². The molecule has 9 heteroatoms. The third kappa shape index (κ3) is 2.91. The standard InChI is InChI=1S/C12H17N3O5S/c1-8-5-10(6-11(9(8)2)15(16)17)21(18,19)14-3-4-20-7-12(14)13/h5-6,12H,3-4,7,13H2,1-2H3. The molecule has 1 aromatic rings. The summed E-state index contributed by atoms with van der Waals surface area (Å²) < 4.78 is 31.4. The Balaban J connectivity index is 2.52. The highest BCUT2D eigenvalue weighted by atomic mass is 32.2. The van der Waals surface area contributed by atoms with Crippen LogP contribution in [0.25, 0.3) is 0 Å². The summed E-state index contributed by atoms with van der Waals surface area (Å²) in [5.74, 6) is 0. The van der Waals surface area contributed by atoms with Gasteiger partial charge >= 0.3 is 0 Å². The second-order valence-corrected chi connectivity index (χ2v) is 6.79. The number of nitro benzene ring substituents is 1. The van der Waals surface area contributed by atoms with Crippen LogP contribution < -0.4 is 5.73 Å². The van der Waals surface area contributed by atoms with Crippen molar-refractivity contribution >= 4 is 15.7 Å². The zero-order valence-corrected chi connectivity index (χ0v) is 12.6. The molecule has 116 valence electrons. The lowest BCUT2D eigenvalue weighted by molar-refractivity contribution is -0.385. The Kier molecular flexibility index (Phi) is 4.28. The molecule has 1 saturated heterocycles. The molecule has 0 bridgehead atoms. The van der Waals surface area contributed by atoms with Crippen LogP contribution in [0.4, 0.5) is 5.69 Å². The molecule has 0 radical (unpaired) electrons. The van der Waals surface area contributed by atoms with Gasteiger partial charge in [-0.3, -0.25) is 10.1 Å². The van der Waals surface area contributed by atoms with Crippen LogP contribution in [0.2, 0.25) is 0 Å². The Morgan fingerprint density at radius 2 is 2.10 bits per heavy atom. The molecule has 1 atom stereocenters.